The van der Waals surface area contributed by atoms with Crippen LogP contribution in [-0.2, 0) is 16.6 Å². The van der Waals surface area contributed by atoms with E-state index >= 15 is 0 Å². The van der Waals surface area contributed by atoms with E-state index in [0.29, 0.717) is 5.56 Å². The lowest BCUT2D eigenvalue weighted by Gasteiger charge is -2.10. The second kappa shape index (κ2) is 6.87. The SMILES string of the molecule is O=C(O)c1cccc(CCNS(=O)(=O)NCC(F)(F)F)c1. The molecule has 0 aromatic heterocycles. The monoisotopic (exact) mass is 326 g/mol. The van der Waals surface area contributed by atoms with Crippen LogP contribution >= 0.6 is 0 Å². The van der Waals surface area contributed by atoms with Gasteiger partial charge in [0.1, 0.15) is 6.54 Å². The van der Waals surface area contributed by atoms with Gasteiger partial charge in [-0.25, -0.2) is 9.52 Å². The molecule has 0 saturated carbocycles. The Morgan fingerprint density at radius 2 is 1.90 bits per heavy atom. The van der Waals surface area contributed by atoms with E-state index in [-0.39, 0.29) is 18.5 Å². The smallest absolute Gasteiger partial charge is 0.402 e. The fraction of sp³-hybridized carbons (Fsp3) is 0.364. The minimum absolute atomic E-state index is 0.0468. The van der Waals surface area contributed by atoms with Crippen molar-refractivity contribution in [3.05, 3.63) is 35.4 Å². The Morgan fingerprint density at radius 1 is 1.24 bits per heavy atom. The van der Waals surface area contributed by atoms with Crippen LogP contribution in [-0.4, -0.2) is 38.8 Å². The summed E-state index contributed by atoms with van der Waals surface area (Å²) in [4.78, 5) is 10.7. The van der Waals surface area contributed by atoms with Gasteiger partial charge in [-0.1, -0.05) is 12.1 Å². The number of nitrogens with one attached hydrogen (secondary N) is 2. The molecule has 0 unspecified atom stereocenters. The van der Waals surface area contributed by atoms with E-state index in [2.05, 4.69) is 0 Å². The Balaban J connectivity index is 2.49. The number of hydrogen-bond acceptors (Lipinski definition) is 3. The summed E-state index contributed by atoms with van der Waals surface area (Å²) in [5.41, 5.74) is 0.596. The predicted molar refractivity (Wildman–Crippen MR) is 68.1 cm³/mol. The maximum atomic E-state index is 11.9. The van der Waals surface area contributed by atoms with Gasteiger partial charge in [0.05, 0.1) is 5.56 Å². The highest BCUT2D eigenvalue weighted by atomic mass is 32.2. The minimum atomic E-state index is -4.63. The van der Waals surface area contributed by atoms with Crippen LogP contribution < -0.4 is 9.44 Å². The lowest BCUT2D eigenvalue weighted by atomic mass is 10.1. The summed E-state index contributed by atoms with van der Waals surface area (Å²) in [7, 11) is -4.25. The van der Waals surface area contributed by atoms with E-state index in [1.165, 1.54) is 22.9 Å². The number of carboxylic acids is 1. The molecule has 0 saturated heterocycles. The fourth-order valence-electron chi connectivity index (χ4n) is 1.42. The van der Waals surface area contributed by atoms with Gasteiger partial charge in [-0.15, -0.1) is 0 Å². The summed E-state index contributed by atoms with van der Waals surface area (Å²) < 4.78 is 61.4. The highest BCUT2D eigenvalue weighted by Crippen LogP contribution is 2.12. The molecule has 0 aliphatic heterocycles. The molecule has 0 atom stereocenters. The Labute approximate surface area is 119 Å². The average molecular weight is 326 g/mol. The zero-order chi connectivity index (χ0) is 16.1. The molecule has 0 spiro atoms. The summed E-state index contributed by atoms with van der Waals surface area (Å²) in [6, 6.07) is 5.82. The zero-order valence-corrected chi connectivity index (χ0v) is 11.5. The lowest BCUT2D eigenvalue weighted by Crippen LogP contribution is -2.42. The van der Waals surface area contributed by atoms with E-state index in [9.17, 15) is 26.4 Å². The summed E-state index contributed by atoms with van der Waals surface area (Å²) in [6.07, 6.45) is -4.49. The van der Waals surface area contributed by atoms with Crippen LogP contribution in [0.1, 0.15) is 15.9 Å². The van der Waals surface area contributed by atoms with Crippen LogP contribution in [0, 0.1) is 0 Å². The first-order chi connectivity index (χ1) is 9.59. The number of hydrogen-bond donors (Lipinski definition) is 3. The highest BCUT2D eigenvalue weighted by Gasteiger charge is 2.29. The predicted octanol–water partition coefficient (Wildman–Crippen LogP) is 0.914. The van der Waals surface area contributed by atoms with Crippen LogP contribution in [0.2, 0.25) is 0 Å². The van der Waals surface area contributed by atoms with Crippen LogP contribution in [0.3, 0.4) is 0 Å². The van der Waals surface area contributed by atoms with Gasteiger partial charge in [-0.2, -0.15) is 26.3 Å². The van der Waals surface area contributed by atoms with Crippen molar-refractivity contribution in [2.75, 3.05) is 13.1 Å². The third-order valence-electron chi connectivity index (χ3n) is 2.34. The topological polar surface area (TPSA) is 95.5 Å². The third-order valence-corrected chi connectivity index (χ3v) is 3.45. The van der Waals surface area contributed by atoms with Gasteiger partial charge in [0, 0.05) is 6.54 Å². The van der Waals surface area contributed by atoms with Gasteiger partial charge in [0.15, 0.2) is 0 Å². The van der Waals surface area contributed by atoms with Gasteiger partial charge in [-0.05, 0) is 24.1 Å². The number of rotatable bonds is 7. The number of carbonyl (C=O) groups is 1. The van der Waals surface area contributed by atoms with E-state index in [0.717, 1.165) is 0 Å². The molecule has 0 aliphatic rings. The standard InChI is InChI=1S/C11H13F3N2O4S/c12-11(13,14)7-16-21(19,20)15-5-4-8-2-1-3-9(6-8)10(17)18/h1-3,6,15-16H,4-5,7H2,(H,17,18). The van der Waals surface area contributed by atoms with Crippen molar-refractivity contribution >= 4 is 16.2 Å². The highest BCUT2D eigenvalue weighted by molar-refractivity contribution is 7.87. The Hall–Kier alpha value is -1.65. The van der Waals surface area contributed by atoms with Crippen LogP contribution in [0.5, 0.6) is 0 Å². The van der Waals surface area contributed by atoms with Gasteiger partial charge in [0.25, 0.3) is 10.2 Å². The van der Waals surface area contributed by atoms with E-state index in [1.54, 1.807) is 6.07 Å². The molecular weight excluding hydrogens is 313 g/mol. The Morgan fingerprint density at radius 3 is 2.48 bits per heavy atom. The first-order valence-electron chi connectivity index (χ1n) is 5.72. The van der Waals surface area contributed by atoms with Crippen molar-refractivity contribution in [3.63, 3.8) is 0 Å². The second-order valence-electron chi connectivity index (χ2n) is 4.09. The molecular formula is C11H13F3N2O4S. The zero-order valence-electron chi connectivity index (χ0n) is 10.6. The lowest BCUT2D eigenvalue weighted by molar-refractivity contribution is -0.121. The number of aromatic carboxylic acids is 1. The number of alkyl halides is 3. The van der Waals surface area contributed by atoms with Crippen molar-refractivity contribution in [1.82, 2.24) is 9.44 Å². The molecule has 0 bridgehead atoms. The average Bonchev–Trinajstić information content (AvgIpc) is 2.36. The molecule has 118 valence electrons. The largest absolute Gasteiger partial charge is 0.478 e. The molecule has 1 aromatic rings. The molecule has 1 aromatic carbocycles. The van der Waals surface area contributed by atoms with Crippen molar-refractivity contribution in [1.29, 1.82) is 0 Å². The van der Waals surface area contributed by atoms with Gasteiger partial charge < -0.3 is 5.11 Å². The molecule has 0 heterocycles. The van der Waals surface area contributed by atoms with Gasteiger partial charge in [0.2, 0.25) is 0 Å². The number of carboxylic acid groups (broad SMARTS) is 1. The first kappa shape index (κ1) is 17.4. The van der Waals surface area contributed by atoms with Crippen molar-refractivity contribution in [3.8, 4) is 0 Å². The molecule has 0 fully saturated rings. The molecule has 10 heteroatoms. The summed E-state index contributed by atoms with van der Waals surface area (Å²) in [6.45, 7) is -1.81. The summed E-state index contributed by atoms with van der Waals surface area (Å²) >= 11 is 0. The minimum Gasteiger partial charge on any atom is -0.478 e. The van der Waals surface area contributed by atoms with Gasteiger partial charge in [-0.3, -0.25) is 0 Å². The van der Waals surface area contributed by atoms with Gasteiger partial charge >= 0.3 is 12.1 Å². The van der Waals surface area contributed by atoms with E-state index < -0.39 is 28.9 Å². The molecule has 21 heavy (non-hydrogen) atoms. The first-order valence-corrected chi connectivity index (χ1v) is 7.21. The van der Waals surface area contributed by atoms with Crippen LogP contribution in [0.25, 0.3) is 0 Å². The fourth-order valence-corrected chi connectivity index (χ4v) is 2.24. The van der Waals surface area contributed by atoms with Crippen molar-refractivity contribution in [2.45, 2.75) is 12.6 Å². The number of benzene rings is 1. The summed E-state index contributed by atoms with van der Waals surface area (Å²) in [5, 5.41) is 8.78. The molecule has 6 nitrogen and oxygen atoms in total. The van der Waals surface area contributed by atoms with E-state index in [1.807, 2.05) is 4.72 Å². The number of halogens is 3. The molecule has 3 N–H and O–H groups in total. The van der Waals surface area contributed by atoms with Crippen LogP contribution in [0.4, 0.5) is 13.2 Å². The van der Waals surface area contributed by atoms with Crippen molar-refractivity contribution in [2.24, 2.45) is 0 Å². The normalized spacial score (nSPS) is 12.3. The Kier molecular flexibility index (Phi) is 5.70. The maximum Gasteiger partial charge on any atom is 0.402 e. The molecule has 0 amide bonds. The molecule has 0 radical (unpaired) electrons. The summed E-state index contributed by atoms with van der Waals surface area (Å²) in [5.74, 6) is -1.12. The molecule has 1 rings (SSSR count). The van der Waals surface area contributed by atoms with E-state index in [4.69, 9.17) is 5.11 Å². The third kappa shape index (κ3) is 7.06. The van der Waals surface area contributed by atoms with Crippen LogP contribution in [0.15, 0.2) is 24.3 Å². The van der Waals surface area contributed by atoms with Crippen molar-refractivity contribution < 1.29 is 31.5 Å². The second-order valence-corrected chi connectivity index (χ2v) is 5.67. The quantitative estimate of drug-likeness (QED) is 0.694. The maximum absolute atomic E-state index is 11.9. The Bertz CT molecular complexity index is 602. The molecule has 0 aliphatic carbocycles.